The minimum Gasteiger partial charge on any atom is -0.348 e. The van der Waals surface area contributed by atoms with Crippen molar-refractivity contribution in [3.63, 3.8) is 0 Å². The first-order valence-electron chi connectivity index (χ1n) is 8.25. The van der Waals surface area contributed by atoms with Gasteiger partial charge < -0.3 is 4.57 Å². The molecule has 0 spiro atoms. The molecule has 0 aliphatic carbocycles. The molecule has 1 aromatic heterocycles. The van der Waals surface area contributed by atoms with Crippen LogP contribution < -0.4 is 0 Å². The van der Waals surface area contributed by atoms with Crippen molar-refractivity contribution in [1.29, 1.82) is 0 Å². The Hall–Kier alpha value is -2.03. The third-order valence-electron chi connectivity index (χ3n) is 4.66. The van der Waals surface area contributed by atoms with E-state index in [1.807, 2.05) is 47.2 Å². The molecule has 0 saturated heterocycles. The van der Waals surface area contributed by atoms with Gasteiger partial charge in [0, 0.05) is 35.5 Å². The average Bonchev–Trinajstić information content (AvgIpc) is 3.10. The molecule has 2 aromatic carbocycles. The van der Waals surface area contributed by atoms with Crippen LogP contribution in [0.25, 0.3) is 0 Å². The molecule has 0 saturated carbocycles. The summed E-state index contributed by atoms with van der Waals surface area (Å²) in [5.41, 5.74) is 1.57. The fourth-order valence-corrected chi connectivity index (χ4v) is 5.31. The Morgan fingerprint density at radius 3 is 2.44 bits per heavy atom. The molecule has 140 valence electrons. The monoisotopic (exact) mass is 452 g/mol. The van der Waals surface area contributed by atoms with Crippen molar-refractivity contribution in [2.75, 3.05) is 6.54 Å². The summed E-state index contributed by atoms with van der Waals surface area (Å²) in [5.74, 6) is -1.91. The second-order valence-electron chi connectivity index (χ2n) is 6.27. The topological polar surface area (TPSA) is 42.3 Å². The number of hydrogen-bond donors (Lipinski definition) is 0. The normalized spacial score (nSPS) is 17.7. The molecule has 27 heavy (non-hydrogen) atoms. The highest BCUT2D eigenvalue weighted by Crippen LogP contribution is 2.37. The number of rotatable bonds is 3. The van der Waals surface area contributed by atoms with Gasteiger partial charge in [-0.2, -0.15) is 4.31 Å². The van der Waals surface area contributed by atoms with E-state index in [4.69, 9.17) is 0 Å². The molecule has 4 rings (SSSR count). The SMILES string of the molecule is O=S(=O)(c1ccc(F)cc1F)N1CCn2cccc2[C@@H]1c1ccc(Br)cc1. The molecule has 2 heterocycles. The molecule has 0 fully saturated rings. The lowest BCUT2D eigenvalue weighted by Gasteiger charge is -2.36. The van der Waals surface area contributed by atoms with E-state index in [0.717, 1.165) is 27.9 Å². The van der Waals surface area contributed by atoms with Gasteiger partial charge in [0.2, 0.25) is 10.0 Å². The largest absolute Gasteiger partial charge is 0.348 e. The quantitative estimate of drug-likeness (QED) is 0.593. The number of hydrogen-bond acceptors (Lipinski definition) is 2. The van der Waals surface area contributed by atoms with Crippen molar-refractivity contribution in [3.05, 3.63) is 88.2 Å². The molecule has 1 atom stereocenters. The second-order valence-corrected chi connectivity index (χ2v) is 9.05. The van der Waals surface area contributed by atoms with Gasteiger partial charge in [0.15, 0.2) is 0 Å². The Kier molecular flexibility index (Phi) is 4.65. The van der Waals surface area contributed by atoms with Gasteiger partial charge in [0.1, 0.15) is 16.5 Å². The predicted octanol–water partition coefficient (Wildman–Crippen LogP) is 4.32. The summed E-state index contributed by atoms with van der Waals surface area (Å²) < 4.78 is 58.1. The third-order valence-corrected chi connectivity index (χ3v) is 7.09. The van der Waals surface area contributed by atoms with E-state index in [0.29, 0.717) is 12.6 Å². The average molecular weight is 453 g/mol. The Morgan fingerprint density at radius 2 is 1.74 bits per heavy atom. The number of benzene rings is 2. The van der Waals surface area contributed by atoms with Crippen molar-refractivity contribution >= 4 is 26.0 Å². The van der Waals surface area contributed by atoms with Crippen LogP contribution in [-0.2, 0) is 16.6 Å². The lowest BCUT2D eigenvalue weighted by molar-refractivity contribution is 0.297. The zero-order chi connectivity index (χ0) is 19.2. The Bertz CT molecular complexity index is 1100. The van der Waals surface area contributed by atoms with Crippen LogP contribution in [-0.4, -0.2) is 23.8 Å². The van der Waals surface area contributed by atoms with Gasteiger partial charge in [-0.05, 0) is 42.0 Å². The molecule has 0 unspecified atom stereocenters. The third kappa shape index (κ3) is 3.22. The lowest BCUT2D eigenvalue weighted by atomic mass is 10.0. The van der Waals surface area contributed by atoms with E-state index < -0.39 is 32.6 Å². The van der Waals surface area contributed by atoms with Crippen LogP contribution in [0.15, 0.2) is 70.2 Å². The van der Waals surface area contributed by atoms with Gasteiger partial charge in [-0.15, -0.1) is 0 Å². The molecule has 0 bridgehead atoms. The van der Waals surface area contributed by atoms with E-state index >= 15 is 0 Å². The number of nitrogens with zero attached hydrogens (tertiary/aromatic N) is 2. The van der Waals surface area contributed by atoms with Crippen LogP contribution in [0.4, 0.5) is 8.78 Å². The van der Waals surface area contributed by atoms with Crippen LogP contribution in [0, 0.1) is 11.6 Å². The molecular formula is C19H15BrF2N2O2S. The van der Waals surface area contributed by atoms with E-state index in [1.54, 1.807) is 0 Å². The first kappa shape index (κ1) is 18.3. The van der Waals surface area contributed by atoms with Crippen molar-refractivity contribution < 1.29 is 17.2 Å². The van der Waals surface area contributed by atoms with E-state index in [9.17, 15) is 17.2 Å². The zero-order valence-electron chi connectivity index (χ0n) is 14.0. The van der Waals surface area contributed by atoms with Gasteiger partial charge in [0.05, 0.1) is 6.04 Å². The Morgan fingerprint density at radius 1 is 1.00 bits per heavy atom. The molecule has 4 nitrogen and oxygen atoms in total. The van der Waals surface area contributed by atoms with Crippen LogP contribution in [0.2, 0.25) is 0 Å². The predicted molar refractivity (Wildman–Crippen MR) is 101 cm³/mol. The van der Waals surface area contributed by atoms with E-state index in [-0.39, 0.29) is 6.54 Å². The van der Waals surface area contributed by atoms with Crippen LogP contribution in [0.5, 0.6) is 0 Å². The number of halogens is 3. The fraction of sp³-hybridized carbons (Fsp3) is 0.158. The number of fused-ring (bicyclic) bond motifs is 1. The maximum absolute atomic E-state index is 14.3. The Balaban J connectivity index is 1.86. The molecule has 0 radical (unpaired) electrons. The number of aromatic nitrogens is 1. The minimum absolute atomic E-state index is 0.182. The smallest absolute Gasteiger partial charge is 0.246 e. The highest BCUT2D eigenvalue weighted by Gasteiger charge is 2.38. The van der Waals surface area contributed by atoms with E-state index in [2.05, 4.69) is 15.9 Å². The standard InChI is InChI=1S/C19H15BrF2N2O2S/c20-14-5-3-13(4-6-14)19-17-2-1-9-23(17)10-11-24(19)27(25,26)18-8-7-15(21)12-16(18)22/h1-9,12,19H,10-11H2/t19-/m0/s1. The second kappa shape index (κ2) is 6.85. The van der Waals surface area contributed by atoms with Gasteiger partial charge in [-0.1, -0.05) is 28.1 Å². The molecule has 8 heteroatoms. The first-order chi connectivity index (χ1) is 12.9. The van der Waals surface area contributed by atoms with Crippen molar-refractivity contribution in [1.82, 2.24) is 8.87 Å². The Labute approximate surface area is 164 Å². The summed E-state index contributed by atoms with van der Waals surface area (Å²) in [6.45, 7) is 0.638. The van der Waals surface area contributed by atoms with E-state index in [1.165, 1.54) is 4.31 Å². The summed E-state index contributed by atoms with van der Waals surface area (Å²) in [5, 5.41) is 0. The van der Waals surface area contributed by atoms with Crippen molar-refractivity contribution in [3.8, 4) is 0 Å². The highest BCUT2D eigenvalue weighted by molar-refractivity contribution is 9.10. The summed E-state index contributed by atoms with van der Waals surface area (Å²) in [6, 6.07) is 13.0. The van der Waals surface area contributed by atoms with Crippen molar-refractivity contribution in [2.45, 2.75) is 17.5 Å². The molecule has 1 aliphatic heterocycles. The van der Waals surface area contributed by atoms with Crippen LogP contribution in [0.3, 0.4) is 0 Å². The van der Waals surface area contributed by atoms with Crippen molar-refractivity contribution in [2.24, 2.45) is 0 Å². The molecule has 1 aliphatic rings. The molecule has 0 N–H and O–H groups in total. The summed E-state index contributed by atoms with van der Waals surface area (Å²) in [7, 11) is -4.17. The van der Waals surface area contributed by atoms with Gasteiger partial charge in [0.25, 0.3) is 0 Å². The highest BCUT2D eigenvalue weighted by atomic mass is 79.9. The fourth-order valence-electron chi connectivity index (χ4n) is 3.41. The minimum atomic E-state index is -4.17. The molecule has 0 amide bonds. The van der Waals surface area contributed by atoms with Gasteiger partial charge in [-0.3, -0.25) is 0 Å². The van der Waals surface area contributed by atoms with Crippen LogP contribution >= 0.6 is 15.9 Å². The summed E-state index contributed by atoms with van der Waals surface area (Å²) >= 11 is 3.38. The molecule has 3 aromatic rings. The van der Waals surface area contributed by atoms with Crippen LogP contribution in [0.1, 0.15) is 17.3 Å². The lowest BCUT2D eigenvalue weighted by Crippen LogP contribution is -2.42. The molecular weight excluding hydrogens is 438 g/mol. The first-order valence-corrected chi connectivity index (χ1v) is 10.5. The summed E-state index contributed by atoms with van der Waals surface area (Å²) in [4.78, 5) is -0.522. The maximum Gasteiger partial charge on any atom is 0.246 e. The number of sulfonamides is 1. The zero-order valence-corrected chi connectivity index (χ0v) is 16.4. The van der Waals surface area contributed by atoms with Gasteiger partial charge >= 0.3 is 0 Å². The summed E-state index contributed by atoms with van der Waals surface area (Å²) in [6.07, 6.45) is 1.89. The maximum atomic E-state index is 14.3. The van der Waals surface area contributed by atoms with Gasteiger partial charge in [-0.25, -0.2) is 17.2 Å².